The number of anilines is 1. The average Bonchev–Trinajstić information content (AvgIpc) is 3.25. The van der Waals surface area contributed by atoms with Crippen LogP contribution >= 0.6 is 0 Å². The van der Waals surface area contributed by atoms with Crippen LogP contribution in [0.2, 0.25) is 0 Å². The standard InChI is InChI=1S/C25H35N5O5/c1-6-19(30-21-15-17(2)26-29(21)10-9-22(30)31)25(32)28-13-11-27(12-14-28)16-18-7-8-20(33-3)24(35-5)23(18)34-4/h7-8,15,19H,6,9-14,16H2,1-5H3/t19-/m1/s1. The van der Waals surface area contributed by atoms with Gasteiger partial charge in [-0.25, -0.2) is 4.68 Å². The molecule has 1 aromatic heterocycles. The van der Waals surface area contributed by atoms with Gasteiger partial charge in [0.15, 0.2) is 11.5 Å². The monoisotopic (exact) mass is 485 g/mol. The Morgan fingerprint density at radius 3 is 2.37 bits per heavy atom. The SMILES string of the molecule is CC[C@H](C(=O)N1CCN(Cc2ccc(OC)c(OC)c2OC)CC1)N1C(=O)CCn2nc(C)cc21. The topological polar surface area (TPSA) is 89.4 Å². The molecular weight excluding hydrogens is 450 g/mol. The molecule has 3 heterocycles. The predicted molar refractivity (Wildman–Crippen MR) is 131 cm³/mol. The van der Waals surface area contributed by atoms with Crippen molar-refractivity contribution >= 4 is 17.6 Å². The maximum Gasteiger partial charge on any atom is 0.245 e. The van der Waals surface area contributed by atoms with Crippen LogP contribution < -0.4 is 19.1 Å². The number of rotatable bonds is 8. The summed E-state index contributed by atoms with van der Waals surface area (Å²) < 4.78 is 18.3. The van der Waals surface area contributed by atoms with Gasteiger partial charge in [-0.3, -0.25) is 19.4 Å². The molecule has 0 bridgehead atoms. The van der Waals surface area contributed by atoms with Crippen molar-refractivity contribution in [2.45, 2.75) is 45.8 Å². The fourth-order valence-corrected chi connectivity index (χ4v) is 5.01. The van der Waals surface area contributed by atoms with Crippen LogP contribution in [0.25, 0.3) is 0 Å². The minimum Gasteiger partial charge on any atom is -0.493 e. The van der Waals surface area contributed by atoms with Crippen molar-refractivity contribution in [1.82, 2.24) is 19.6 Å². The second kappa shape index (κ2) is 10.6. The van der Waals surface area contributed by atoms with E-state index in [4.69, 9.17) is 14.2 Å². The molecule has 1 saturated heterocycles. The minimum atomic E-state index is -0.518. The summed E-state index contributed by atoms with van der Waals surface area (Å²) >= 11 is 0. The van der Waals surface area contributed by atoms with E-state index in [1.807, 2.05) is 41.6 Å². The van der Waals surface area contributed by atoms with Crippen LogP contribution in [-0.2, 0) is 22.7 Å². The number of hydrogen-bond acceptors (Lipinski definition) is 7. The minimum absolute atomic E-state index is 0.00324. The maximum atomic E-state index is 13.5. The molecule has 4 rings (SSSR count). The number of nitrogens with zero attached hydrogens (tertiary/aromatic N) is 5. The molecule has 10 nitrogen and oxygen atoms in total. The van der Waals surface area contributed by atoms with Crippen LogP contribution in [0.15, 0.2) is 18.2 Å². The van der Waals surface area contributed by atoms with Crippen molar-refractivity contribution in [3.63, 3.8) is 0 Å². The van der Waals surface area contributed by atoms with Crippen LogP contribution in [0.3, 0.4) is 0 Å². The summed E-state index contributed by atoms with van der Waals surface area (Å²) in [5.41, 5.74) is 1.85. The number of aryl methyl sites for hydroxylation is 2. The molecular formula is C25H35N5O5. The molecule has 0 unspecified atom stereocenters. The van der Waals surface area contributed by atoms with Crippen LogP contribution in [0.1, 0.15) is 31.0 Å². The highest BCUT2D eigenvalue weighted by Crippen LogP contribution is 2.40. The van der Waals surface area contributed by atoms with Gasteiger partial charge in [0, 0.05) is 50.8 Å². The molecule has 0 saturated carbocycles. The number of ether oxygens (including phenoxy) is 3. The number of benzene rings is 1. The molecule has 0 spiro atoms. The third-order valence-electron chi connectivity index (χ3n) is 6.78. The highest BCUT2D eigenvalue weighted by molar-refractivity contribution is 6.01. The lowest BCUT2D eigenvalue weighted by atomic mass is 10.1. The van der Waals surface area contributed by atoms with Crippen molar-refractivity contribution < 1.29 is 23.8 Å². The van der Waals surface area contributed by atoms with Gasteiger partial charge in [0.1, 0.15) is 11.9 Å². The van der Waals surface area contributed by atoms with E-state index in [0.717, 1.165) is 30.2 Å². The maximum absolute atomic E-state index is 13.5. The summed E-state index contributed by atoms with van der Waals surface area (Å²) in [6.45, 7) is 7.75. The van der Waals surface area contributed by atoms with E-state index in [9.17, 15) is 9.59 Å². The zero-order valence-electron chi connectivity index (χ0n) is 21.2. The second-order valence-electron chi connectivity index (χ2n) is 8.90. The summed E-state index contributed by atoms with van der Waals surface area (Å²) in [5, 5.41) is 4.48. The van der Waals surface area contributed by atoms with E-state index in [1.54, 1.807) is 26.2 Å². The summed E-state index contributed by atoms with van der Waals surface area (Å²) in [5.74, 6) is 2.56. The Hall–Kier alpha value is -3.27. The molecule has 2 aliphatic rings. The van der Waals surface area contributed by atoms with E-state index in [1.165, 1.54) is 0 Å². The normalized spacial score (nSPS) is 17.2. The van der Waals surface area contributed by atoms with E-state index in [-0.39, 0.29) is 11.8 Å². The molecule has 0 N–H and O–H groups in total. The molecule has 1 atom stereocenters. The van der Waals surface area contributed by atoms with Gasteiger partial charge in [-0.05, 0) is 19.4 Å². The zero-order valence-corrected chi connectivity index (χ0v) is 21.2. The zero-order chi connectivity index (χ0) is 25.1. The van der Waals surface area contributed by atoms with Crippen LogP contribution in [0.4, 0.5) is 5.82 Å². The fraction of sp³-hybridized carbons (Fsp3) is 0.560. The van der Waals surface area contributed by atoms with Gasteiger partial charge in [-0.15, -0.1) is 0 Å². The Morgan fingerprint density at radius 1 is 1.03 bits per heavy atom. The first-order valence-corrected chi connectivity index (χ1v) is 12.1. The average molecular weight is 486 g/mol. The first kappa shape index (κ1) is 24.8. The van der Waals surface area contributed by atoms with Gasteiger partial charge in [0.05, 0.1) is 33.6 Å². The number of carbonyl (C=O) groups excluding carboxylic acids is 2. The van der Waals surface area contributed by atoms with Crippen LogP contribution in [0, 0.1) is 6.92 Å². The summed E-state index contributed by atoms with van der Waals surface area (Å²) in [7, 11) is 4.82. The first-order chi connectivity index (χ1) is 16.9. The quantitative estimate of drug-likeness (QED) is 0.566. The van der Waals surface area contributed by atoms with E-state index in [2.05, 4.69) is 10.00 Å². The smallest absolute Gasteiger partial charge is 0.245 e. The molecule has 2 aliphatic heterocycles. The molecule has 1 aromatic carbocycles. The van der Waals surface area contributed by atoms with Gasteiger partial charge in [0.2, 0.25) is 17.6 Å². The van der Waals surface area contributed by atoms with Gasteiger partial charge in [0.25, 0.3) is 0 Å². The lowest BCUT2D eigenvalue weighted by molar-refractivity contribution is -0.136. The van der Waals surface area contributed by atoms with Gasteiger partial charge in [-0.2, -0.15) is 5.10 Å². The van der Waals surface area contributed by atoms with Gasteiger partial charge < -0.3 is 19.1 Å². The number of carbonyl (C=O) groups is 2. The summed E-state index contributed by atoms with van der Waals surface area (Å²) in [6, 6.07) is 5.24. The van der Waals surface area contributed by atoms with Crippen molar-refractivity contribution in [1.29, 1.82) is 0 Å². The van der Waals surface area contributed by atoms with Crippen molar-refractivity contribution in [3.05, 3.63) is 29.5 Å². The Morgan fingerprint density at radius 2 is 1.74 bits per heavy atom. The molecule has 0 aliphatic carbocycles. The Kier molecular flexibility index (Phi) is 7.49. The lowest BCUT2D eigenvalue weighted by Gasteiger charge is -2.40. The third-order valence-corrected chi connectivity index (χ3v) is 6.78. The van der Waals surface area contributed by atoms with Crippen molar-refractivity contribution in [2.75, 3.05) is 52.4 Å². The number of fused-ring (bicyclic) bond motifs is 1. The number of aromatic nitrogens is 2. The van der Waals surface area contributed by atoms with E-state index in [0.29, 0.717) is 56.3 Å². The van der Waals surface area contributed by atoms with E-state index < -0.39 is 6.04 Å². The van der Waals surface area contributed by atoms with Crippen molar-refractivity contribution in [2.24, 2.45) is 0 Å². The fourth-order valence-electron chi connectivity index (χ4n) is 5.01. The first-order valence-electron chi connectivity index (χ1n) is 12.1. The molecule has 2 amide bonds. The number of methoxy groups -OCH3 is 3. The van der Waals surface area contributed by atoms with Crippen LogP contribution in [-0.4, -0.2) is 84.9 Å². The molecule has 0 radical (unpaired) electrons. The lowest BCUT2D eigenvalue weighted by Crippen LogP contribution is -2.57. The van der Waals surface area contributed by atoms with Gasteiger partial charge in [-0.1, -0.05) is 13.0 Å². The highest BCUT2D eigenvalue weighted by atomic mass is 16.5. The molecule has 1 fully saturated rings. The number of amides is 2. The Bertz CT molecular complexity index is 1080. The largest absolute Gasteiger partial charge is 0.493 e. The van der Waals surface area contributed by atoms with Crippen molar-refractivity contribution in [3.8, 4) is 17.2 Å². The summed E-state index contributed by atoms with van der Waals surface area (Å²) in [6.07, 6.45) is 0.913. The number of hydrogen-bond donors (Lipinski definition) is 0. The summed E-state index contributed by atoms with van der Waals surface area (Å²) in [4.78, 5) is 32.2. The molecule has 190 valence electrons. The molecule has 10 heteroatoms. The number of piperazine rings is 1. The predicted octanol–water partition coefficient (Wildman–Crippen LogP) is 2.08. The Balaban J connectivity index is 1.43. The highest BCUT2D eigenvalue weighted by Gasteiger charge is 2.37. The van der Waals surface area contributed by atoms with Gasteiger partial charge >= 0.3 is 0 Å². The van der Waals surface area contributed by atoms with E-state index >= 15 is 0 Å². The molecule has 35 heavy (non-hydrogen) atoms. The third kappa shape index (κ3) is 4.80. The second-order valence-corrected chi connectivity index (χ2v) is 8.90. The van der Waals surface area contributed by atoms with Crippen LogP contribution in [0.5, 0.6) is 17.2 Å². The molecule has 2 aromatic rings. The Labute approximate surface area is 206 Å².